The van der Waals surface area contributed by atoms with Gasteiger partial charge in [-0.25, -0.2) is 0 Å². The molecule has 0 aliphatic heterocycles. The molecule has 0 bridgehead atoms. The molecule has 2 nitrogen and oxygen atoms in total. The first kappa shape index (κ1) is 13.0. The van der Waals surface area contributed by atoms with Crippen LogP contribution < -0.4 is 0 Å². The highest BCUT2D eigenvalue weighted by atomic mass is 16.5. The summed E-state index contributed by atoms with van der Waals surface area (Å²) < 4.78 is 5.90. The second-order valence-electron chi connectivity index (χ2n) is 3.26. The van der Waals surface area contributed by atoms with Crippen LogP contribution in [-0.2, 0) is 4.74 Å². The van der Waals surface area contributed by atoms with Crippen molar-refractivity contribution in [2.75, 3.05) is 19.6 Å². The molecular weight excluding hydrogens is 161 g/mol. The molecule has 0 saturated heterocycles. The molecule has 0 aliphatic rings. The van der Waals surface area contributed by atoms with E-state index in [1.807, 2.05) is 0 Å². The highest BCUT2D eigenvalue weighted by Gasteiger charge is 2.31. The van der Waals surface area contributed by atoms with Gasteiger partial charge in [-0.2, -0.15) is 0 Å². The van der Waals surface area contributed by atoms with E-state index in [2.05, 4.69) is 40.4 Å². The molecule has 0 spiro atoms. The van der Waals surface area contributed by atoms with E-state index in [1.165, 1.54) is 0 Å². The molecule has 0 aliphatic carbocycles. The van der Waals surface area contributed by atoms with Crippen molar-refractivity contribution in [1.82, 2.24) is 4.90 Å². The molecule has 0 radical (unpaired) electrons. The van der Waals surface area contributed by atoms with Crippen LogP contribution in [0.2, 0.25) is 0 Å². The summed E-state index contributed by atoms with van der Waals surface area (Å²) >= 11 is 0. The van der Waals surface area contributed by atoms with Gasteiger partial charge in [0.2, 0.25) is 0 Å². The van der Waals surface area contributed by atoms with Gasteiger partial charge in [0.25, 0.3) is 0 Å². The van der Waals surface area contributed by atoms with Crippen molar-refractivity contribution in [2.24, 2.45) is 0 Å². The van der Waals surface area contributed by atoms with Gasteiger partial charge < -0.3 is 4.74 Å². The topological polar surface area (TPSA) is 12.5 Å². The number of hydrogen-bond acceptors (Lipinski definition) is 2. The van der Waals surface area contributed by atoms with E-state index in [4.69, 9.17) is 4.74 Å². The minimum Gasteiger partial charge on any atom is -0.369 e. The Morgan fingerprint density at radius 2 is 1.54 bits per heavy atom. The van der Waals surface area contributed by atoms with E-state index in [0.717, 1.165) is 32.4 Å². The molecule has 3 heteroatoms. The Labute approximate surface area is 84.0 Å². The zero-order valence-electron chi connectivity index (χ0n) is 9.89. The van der Waals surface area contributed by atoms with Crippen molar-refractivity contribution in [1.29, 1.82) is 0 Å². The third-order valence-corrected chi connectivity index (χ3v) is 2.86. The molecule has 78 valence electrons. The Morgan fingerprint density at radius 1 is 1.08 bits per heavy atom. The third-order valence-electron chi connectivity index (χ3n) is 2.86. The molecule has 0 fully saturated rings. The maximum Gasteiger partial charge on any atom is 0.135 e. The second-order valence-corrected chi connectivity index (χ2v) is 3.26. The normalized spacial score (nSPS) is 12.4. The highest BCUT2D eigenvalue weighted by molar-refractivity contribution is 6.08. The lowest BCUT2D eigenvalue weighted by atomic mass is 10.0. The zero-order valence-corrected chi connectivity index (χ0v) is 9.89. The van der Waals surface area contributed by atoms with Crippen molar-refractivity contribution in [3.05, 3.63) is 0 Å². The fourth-order valence-electron chi connectivity index (χ4n) is 2.06. The maximum absolute atomic E-state index is 5.90. The molecule has 0 atom stereocenters. The van der Waals surface area contributed by atoms with E-state index in [1.54, 1.807) is 0 Å². The minimum absolute atomic E-state index is 0.0156. The van der Waals surface area contributed by atoms with Gasteiger partial charge in [-0.15, -0.1) is 0 Å². The van der Waals surface area contributed by atoms with Gasteiger partial charge >= 0.3 is 0 Å². The lowest BCUT2D eigenvalue weighted by Gasteiger charge is -2.41. The second kappa shape index (κ2) is 6.44. The quantitative estimate of drug-likeness (QED) is 0.439. The van der Waals surface area contributed by atoms with Crippen molar-refractivity contribution in [3.63, 3.8) is 0 Å². The van der Waals surface area contributed by atoms with Gasteiger partial charge in [-0.3, -0.25) is 4.90 Å². The van der Waals surface area contributed by atoms with Crippen LogP contribution in [-0.4, -0.2) is 38.1 Å². The summed E-state index contributed by atoms with van der Waals surface area (Å²) in [4.78, 5) is 2.41. The fourth-order valence-corrected chi connectivity index (χ4v) is 2.06. The summed E-state index contributed by atoms with van der Waals surface area (Å²) in [6.45, 7) is 11.7. The molecule has 0 aromatic rings. The highest BCUT2D eigenvalue weighted by Crippen LogP contribution is 2.24. The average Bonchev–Trinajstić information content (AvgIpc) is 2.18. The van der Waals surface area contributed by atoms with Gasteiger partial charge in [0, 0.05) is 6.51 Å². The Kier molecular flexibility index (Phi) is 6.43. The summed E-state index contributed by atoms with van der Waals surface area (Å²) in [7, 11) is 2.07. The van der Waals surface area contributed by atoms with Crippen molar-refractivity contribution < 1.29 is 4.74 Å². The first-order valence-corrected chi connectivity index (χ1v) is 5.59. The van der Waals surface area contributed by atoms with Gasteiger partial charge in [0.05, 0.1) is 0 Å². The summed E-state index contributed by atoms with van der Waals surface area (Å²) in [6, 6.07) is 0. The fraction of sp³-hybridized carbons (Fsp3) is 1.00. The van der Waals surface area contributed by atoms with Crippen LogP contribution in [0.15, 0.2) is 0 Å². The Bertz CT molecular complexity index is 122. The lowest BCUT2D eigenvalue weighted by Crippen LogP contribution is -2.50. The molecule has 0 N–H and O–H groups in total. The van der Waals surface area contributed by atoms with E-state index in [0.29, 0.717) is 0 Å². The SMILES string of the molecule is BCOC(CC)(CC)N(CC)CC. The summed E-state index contributed by atoms with van der Waals surface area (Å²) in [5.74, 6) is 0. The zero-order chi connectivity index (χ0) is 10.3. The van der Waals surface area contributed by atoms with Crippen molar-refractivity contribution in [3.8, 4) is 0 Å². The molecule has 0 heterocycles. The Morgan fingerprint density at radius 3 is 1.77 bits per heavy atom. The first-order chi connectivity index (χ1) is 6.20. The first-order valence-electron chi connectivity index (χ1n) is 5.59. The van der Waals surface area contributed by atoms with E-state index >= 15 is 0 Å². The Hall–Kier alpha value is -0.0151. The summed E-state index contributed by atoms with van der Waals surface area (Å²) in [5.41, 5.74) is -0.0156. The van der Waals surface area contributed by atoms with Gasteiger partial charge in [0.15, 0.2) is 0 Å². The van der Waals surface area contributed by atoms with Crippen LogP contribution in [0, 0.1) is 0 Å². The monoisotopic (exact) mass is 185 g/mol. The molecule has 0 saturated carbocycles. The third kappa shape index (κ3) is 2.99. The van der Waals surface area contributed by atoms with Gasteiger partial charge in [0.1, 0.15) is 13.6 Å². The maximum atomic E-state index is 5.90. The smallest absolute Gasteiger partial charge is 0.135 e. The molecule has 0 rings (SSSR count). The van der Waals surface area contributed by atoms with Crippen LogP contribution in [0.3, 0.4) is 0 Å². The van der Waals surface area contributed by atoms with Crippen LogP contribution in [0.25, 0.3) is 0 Å². The van der Waals surface area contributed by atoms with Crippen LogP contribution >= 0.6 is 0 Å². The number of nitrogens with zero attached hydrogens (tertiary/aromatic N) is 1. The van der Waals surface area contributed by atoms with E-state index in [-0.39, 0.29) is 5.72 Å². The molecule has 0 aromatic carbocycles. The lowest BCUT2D eigenvalue weighted by molar-refractivity contribution is -0.144. The van der Waals surface area contributed by atoms with Crippen molar-refractivity contribution in [2.45, 2.75) is 46.3 Å². The predicted molar refractivity (Wildman–Crippen MR) is 60.7 cm³/mol. The van der Waals surface area contributed by atoms with E-state index in [9.17, 15) is 0 Å². The summed E-state index contributed by atoms with van der Waals surface area (Å²) in [6.07, 6.45) is 2.14. The van der Waals surface area contributed by atoms with Crippen molar-refractivity contribution >= 4 is 7.85 Å². The molecular formula is C10H24BNO. The predicted octanol–water partition coefficient (Wildman–Crippen LogP) is 1.45. The largest absolute Gasteiger partial charge is 0.369 e. The van der Waals surface area contributed by atoms with Crippen LogP contribution in [0.1, 0.15) is 40.5 Å². The van der Waals surface area contributed by atoms with Crippen LogP contribution in [0.5, 0.6) is 0 Å². The van der Waals surface area contributed by atoms with Gasteiger partial charge in [-0.1, -0.05) is 27.7 Å². The van der Waals surface area contributed by atoms with Crippen LogP contribution in [0.4, 0.5) is 0 Å². The van der Waals surface area contributed by atoms with E-state index < -0.39 is 0 Å². The molecule has 0 amide bonds. The number of hydrogen-bond donors (Lipinski definition) is 0. The van der Waals surface area contributed by atoms with Gasteiger partial charge in [-0.05, 0) is 25.9 Å². The molecule has 13 heavy (non-hydrogen) atoms. The minimum atomic E-state index is -0.0156. The standard InChI is InChI=1S/C10H24BNO/c1-5-10(6-2,13-9-11)12(7-3)8-4/h5-9,11H2,1-4H3. The average molecular weight is 185 g/mol. The number of ether oxygens (including phenoxy) is 1. The number of rotatable bonds is 7. The molecule has 0 aromatic heterocycles. The Balaban J connectivity index is 4.50. The summed E-state index contributed by atoms with van der Waals surface area (Å²) in [5, 5.41) is 0. The molecule has 0 unspecified atom stereocenters.